The van der Waals surface area contributed by atoms with Gasteiger partial charge in [0.05, 0.1) is 10.7 Å². The molecule has 0 spiro atoms. The van der Waals surface area contributed by atoms with Crippen LogP contribution < -0.4 is 5.32 Å². The van der Waals surface area contributed by atoms with Crippen molar-refractivity contribution in [1.29, 1.82) is 0 Å². The van der Waals surface area contributed by atoms with E-state index in [1.54, 1.807) is 6.07 Å². The van der Waals surface area contributed by atoms with Crippen molar-refractivity contribution in [2.45, 2.75) is 20.3 Å². The molecule has 74 valence electrons. The molecule has 0 radical (unpaired) electrons. The predicted molar refractivity (Wildman–Crippen MR) is 57.6 cm³/mol. The normalized spacial score (nSPS) is 18.6. The minimum Gasteiger partial charge on any atom is -0.324 e. The molecule has 3 heteroatoms. The summed E-state index contributed by atoms with van der Waals surface area (Å²) in [5.74, 6) is 0.0399. The standard InChI is InChI=1S/C11H12ClNO/c1-11(2)6-7-4-3-5-8(12)9(7)13-10(11)14/h3-5H,6H2,1-2H3,(H,13,14). The lowest BCUT2D eigenvalue weighted by Gasteiger charge is -2.30. The number of amides is 1. The number of rotatable bonds is 0. The van der Waals surface area contributed by atoms with E-state index in [9.17, 15) is 4.79 Å². The molecule has 1 aromatic carbocycles. The summed E-state index contributed by atoms with van der Waals surface area (Å²) < 4.78 is 0. The Hall–Kier alpha value is -1.02. The Morgan fingerprint density at radius 3 is 2.86 bits per heavy atom. The van der Waals surface area contributed by atoms with Crippen LogP contribution in [-0.4, -0.2) is 5.91 Å². The Morgan fingerprint density at radius 1 is 1.43 bits per heavy atom. The van der Waals surface area contributed by atoms with E-state index >= 15 is 0 Å². The molecule has 14 heavy (non-hydrogen) atoms. The zero-order chi connectivity index (χ0) is 10.3. The van der Waals surface area contributed by atoms with Crippen molar-refractivity contribution < 1.29 is 4.79 Å². The van der Waals surface area contributed by atoms with Crippen LogP contribution in [0.3, 0.4) is 0 Å². The number of hydrogen-bond acceptors (Lipinski definition) is 1. The van der Waals surface area contributed by atoms with Crippen LogP contribution >= 0.6 is 11.6 Å². The van der Waals surface area contributed by atoms with Gasteiger partial charge in [0, 0.05) is 5.41 Å². The number of halogens is 1. The van der Waals surface area contributed by atoms with Gasteiger partial charge in [-0.15, -0.1) is 0 Å². The fourth-order valence-electron chi connectivity index (χ4n) is 1.70. The Kier molecular flexibility index (Phi) is 2.04. The smallest absolute Gasteiger partial charge is 0.230 e. The van der Waals surface area contributed by atoms with Gasteiger partial charge in [-0.25, -0.2) is 0 Å². The van der Waals surface area contributed by atoms with Gasteiger partial charge < -0.3 is 5.32 Å². The molecule has 0 atom stereocenters. The molecule has 1 aliphatic rings. The SMILES string of the molecule is CC1(C)Cc2cccc(Cl)c2NC1=O. The molecule has 0 saturated heterocycles. The molecular weight excluding hydrogens is 198 g/mol. The van der Waals surface area contributed by atoms with Crippen molar-refractivity contribution in [3.05, 3.63) is 28.8 Å². The number of carbonyl (C=O) groups excluding carboxylic acids is 1. The molecule has 1 aliphatic heterocycles. The van der Waals surface area contributed by atoms with E-state index < -0.39 is 0 Å². The van der Waals surface area contributed by atoms with Crippen molar-refractivity contribution in [3.8, 4) is 0 Å². The van der Waals surface area contributed by atoms with Crippen molar-refractivity contribution in [2.75, 3.05) is 5.32 Å². The summed E-state index contributed by atoms with van der Waals surface area (Å²) in [4.78, 5) is 11.7. The number of fused-ring (bicyclic) bond motifs is 1. The average Bonchev–Trinajstić information content (AvgIpc) is 2.08. The maximum absolute atomic E-state index is 11.7. The lowest BCUT2D eigenvalue weighted by Crippen LogP contribution is -2.37. The minimum absolute atomic E-state index is 0.0399. The number of hydrogen-bond donors (Lipinski definition) is 1. The monoisotopic (exact) mass is 209 g/mol. The third kappa shape index (κ3) is 1.40. The first kappa shape index (κ1) is 9.53. The molecule has 0 saturated carbocycles. The van der Waals surface area contributed by atoms with Crippen molar-refractivity contribution >= 4 is 23.2 Å². The molecule has 0 bridgehead atoms. The van der Waals surface area contributed by atoms with Gasteiger partial charge in [-0.05, 0) is 18.1 Å². The summed E-state index contributed by atoms with van der Waals surface area (Å²) in [6.45, 7) is 3.87. The Labute approximate surface area is 88.3 Å². The van der Waals surface area contributed by atoms with E-state index in [1.807, 2.05) is 26.0 Å². The lowest BCUT2D eigenvalue weighted by atomic mass is 9.81. The van der Waals surface area contributed by atoms with E-state index in [0.717, 1.165) is 17.7 Å². The van der Waals surface area contributed by atoms with Crippen LogP contribution in [0.1, 0.15) is 19.4 Å². The van der Waals surface area contributed by atoms with Crippen molar-refractivity contribution in [1.82, 2.24) is 0 Å². The van der Waals surface area contributed by atoms with Gasteiger partial charge in [0.2, 0.25) is 5.91 Å². The Balaban J connectivity index is 2.51. The van der Waals surface area contributed by atoms with Crippen molar-refractivity contribution in [3.63, 3.8) is 0 Å². The number of carbonyl (C=O) groups is 1. The van der Waals surface area contributed by atoms with E-state index in [0.29, 0.717) is 5.02 Å². The maximum Gasteiger partial charge on any atom is 0.230 e. The Morgan fingerprint density at radius 2 is 2.14 bits per heavy atom. The molecule has 1 aromatic rings. The summed E-state index contributed by atoms with van der Waals surface area (Å²) in [7, 11) is 0. The number of anilines is 1. The minimum atomic E-state index is -0.336. The summed E-state index contributed by atoms with van der Waals surface area (Å²) >= 11 is 5.99. The molecule has 0 unspecified atom stereocenters. The van der Waals surface area contributed by atoms with Crippen LogP contribution in [-0.2, 0) is 11.2 Å². The van der Waals surface area contributed by atoms with Crippen LogP contribution in [0.15, 0.2) is 18.2 Å². The first-order valence-corrected chi connectivity index (χ1v) is 4.97. The fourth-order valence-corrected chi connectivity index (χ4v) is 1.94. The molecule has 1 heterocycles. The number of nitrogens with one attached hydrogen (secondary N) is 1. The second-order valence-electron chi connectivity index (χ2n) is 4.29. The summed E-state index contributed by atoms with van der Waals surface area (Å²) in [5.41, 5.74) is 1.55. The van der Waals surface area contributed by atoms with Crippen LogP contribution in [0.25, 0.3) is 0 Å². The van der Waals surface area contributed by atoms with Crippen LogP contribution in [0.4, 0.5) is 5.69 Å². The summed E-state index contributed by atoms with van der Waals surface area (Å²) in [6.07, 6.45) is 0.745. The molecule has 0 fully saturated rings. The number of benzene rings is 1. The van der Waals surface area contributed by atoms with E-state index in [1.165, 1.54) is 0 Å². The second-order valence-corrected chi connectivity index (χ2v) is 4.70. The fraction of sp³-hybridized carbons (Fsp3) is 0.364. The topological polar surface area (TPSA) is 29.1 Å². The van der Waals surface area contributed by atoms with Crippen LogP contribution in [0.2, 0.25) is 5.02 Å². The molecular formula is C11H12ClNO. The zero-order valence-corrected chi connectivity index (χ0v) is 8.98. The predicted octanol–water partition coefficient (Wildman–Crippen LogP) is 2.86. The highest BCUT2D eigenvalue weighted by atomic mass is 35.5. The summed E-state index contributed by atoms with van der Waals surface area (Å²) in [5, 5.41) is 3.46. The van der Waals surface area contributed by atoms with Gasteiger partial charge in [-0.1, -0.05) is 37.6 Å². The quantitative estimate of drug-likeness (QED) is 0.700. The highest BCUT2D eigenvalue weighted by Crippen LogP contribution is 2.36. The number of para-hydroxylation sites is 1. The van der Waals surface area contributed by atoms with Crippen LogP contribution in [0, 0.1) is 5.41 Å². The molecule has 2 rings (SSSR count). The Bertz CT molecular complexity index is 398. The molecule has 1 N–H and O–H groups in total. The van der Waals surface area contributed by atoms with Crippen molar-refractivity contribution in [2.24, 2.45) is 5.41 Å². The molecule has 2 nitrogen and oxygen atoms in total. The average molecular weight is 210 g/mol. The van der Waals surface area contributed by atoms with Gasteiger partial charge in [0.25, 0.3) is 0 Å². The van der Waals surface area contributed by atoms with E-state index in [4.69, 9.17) is 11.6 Å². The van der Waals surface area contributed by atoms with Gasteiger partial charge in [0.1, 0.15) is 0 Å². The van der Waals surface area contributed by atoms with Gasteiger partial charge in [-0.2, -0.15) is 0 Å². The largest absolute Gasteiger partial charge is 0.324 e. The third-order valence-electron chi connectivity index (χ3n) is 2.59. The van der Waals surface area contributed by atoms with Gasteiger partial charge in [0.15, 0.2) is 0 Å². The zero-order valence-electron chi connectivity index (χ0n) is 8.23. The lowest BCUT2D eigenvalue weighted by molar-refractivity contribution is -0.124. The van der Waals surface area contributed by atoms with Crippen LogP contribution in [0.5, 0.6) is 0 Å². The third-order valence-corrected chi connectivity index (χ3v) is 2.90. The highest BCUT2D eigenvalue weighted by Gasteiger charge is 2.33. The summed E-state index contributed by atoms with van der Waals surface area (Å²) in [6, 6.07) is 5.70. The first-order valence-electron chi connectivity index (χ1n) is 4.59. The highest BCUT2D eigenvalue weighted by molar-refractivity contribution is 6.34. The molecule has 1 amide bonds. The second kappa shape index (κ2) is 2.99. The first-order chi connectivity index (χ1) is 6.50. The van der Waals surface area contributed by atoms with Gasteiger partial charge in [-0.3, -0.25) is 4.79 Å². The maximum atomic E-state index is 11.7. The molecule has 0 aliphatic carbocycles. The molecule has 0 aromatic heterocycles. The van der Waals surface area contributed by atoms with E-state index in [-0.39, 0.29) is 11.3 Å². The van der Waals surface area contributed by atoms with Gasteiger partial charge >= 0.3 is 0 Å². The van der Waals surface area contributed by atoms with E-state index in [2.05, 4.69) is 5.32 Å².